The van der Waals surface area contributed by atoms with Crippen LogP contribution in [0.3, 0.4) is 0 Å². The van der Waals surface area contributed by atoms with Crippen molar-refractivity contribution in [2.24, 2.45) is 0 Å². The van der Waals surface area contributed by atoms with Gasteiger partial charge in [-0.3, -0.25) is 9.59 Å². The number of nitrogens with one attached hydrogen (secondary N) is 2. The summed E-state index contributed by atoms with van der Waals surface area (Å²) in [5.74, 6) is -0.930. The number of ether oxygens (including phenoxy) is 1. The van der Waals surface area contributed by atoms with Crippen molar-refractivity contribution in [1.82, 2.24) is 0 Å². The standard InChI is InChI=1S/C21H14Br2Cl2N2O4/c1-31-19-5-3-11(23)7-13(19)21(30)27-17-9-15(25)14(24)8-16(17)26-20(29)12-6-10(22)2-4-18(12)28/h2-9,28H,1H3,(H,26,29)(H,27,30). The third kappa shape index (κ3) is 5.51. The molecule has 0 spiro atoms. The van der Waals surface area contributed by atoms with Gasteiger partial charge in [-0.1, -0.05) is 55.1 Å². The Morgan fingerprint density at radius 3 is 1.87 bits per heavy atom. The second-order valence-electron chi connectivity index (χ2n) is 6.23. The second-order valence-corrected chi connectivity index (χ2v) is 8.87. The van der Waals surface area contributed by atoms with Gasteiger partial charge in [0, 0.05) is 8.95 Å². The molecule has 0 aliphatic carbocycles. The van der Waals surface area contributed by atoms with E-state index in [-0.39, 0.29) is 38.3 Å². The molecule has 0 fully saturated rings. The van der Waals surface area contributed by atoms with Crippen LogP contribution in [0, 0.1) is 0 Å². The van der Waals surface area contributed by atoms with Gasteiger partial charge in [-0.2, -0.15) is 0 Å². The predicted molar refractivity (Wildman–Crippen MR) is 129 cm³/mol. The van der Waals surface area contributed by atoms with Crippen LogP contribution in [0.1, 0.15) is 20.7 Å². The molecule has 0 saturated carbocycles. The summed E-state index contributed by atoms with van der Waals surface area (Å²) in [7, 11) is 1.45. The Kier molecular flexibility index (Phi) is 7.48. The molecule has 0 aromatic heterocycles. The summed E-state index contributed by atoms with van der Waals surface area (Å²) in [6.45, 7) is 0. The van der Waals surface area contributed by atoms with E-state index in [1.165, 1.54) is 31.4 Å². The molecule has 0 aliphatic rings. The minimum absolute atomic E-state index is 0.0337. The fourth-order valence-electron chi connectivity index (χ4n) is 2.68. The van der Waals surface area contributed by atoms with Crippen molar-refractivity contribution < 1.29 is 19.4 Å². The molecule has 0 unspecified atom stereocenters. The Labute approximate surface area is 204 Å². The van der Waals surface area contributed by atoms with Gasteiger partial charge in [0.2, 0.25) is 0 Å². The number of benzene rings is 3. The first-order valence-corrected chi connectivity index (χ1v) is 11.0. The molecule has 10 heteroatoms. The minimum Gasteiger partial charge on any atom is -0.507 e. The lowest BCUT2D eigenvalue weighted by Crippen LogP contribution is -2.17. The maximum Gasteiger partial charge on any atom is 0.259 e. The summed E-state index contributed by atoms with van der Waals surface area (Å²) in [5, 5.41) is 15.7. The maximum atomic E-state index is 12.9. The molecule has 0 aliphatic heterocycles. The van der Waals surface area contributed by atoms with Crippen LogP contribution in [0.5, 0.6) is 11.5 Å². The van der Waals surface area contributed by atoms with Gasteiger partial charge in [0.1, 0.15) is 11.5 Å². The zero-order valence-electron chi connectivity index (χ0n) is 15.8. The second kappa shape index (κ2) is 9.91. The number of phenolic OH excluding ortho intramolecular Hbond substituents is 1. The predicted octanol–water partition coefficient (Wildman–Crippen LogP) is 6.74. The van der Waals surface area contributed by atoms with Gasteiger partial charge in [0.15, 0.2) is 0 Å². The van der Waals surface area contributed by atoms with Gasteiger partial charge < -0.3 is 20.5 Å². The number of phenols is 1. The summed E-state index contributed by atoms with van der Waals surface area (Å²) in [6.07, 6.45) is 0. The monoisotopic (exact) mass is 586 g/mol. The largest absolute Gasteiger partial charge is 0.507 e. The molecule has 3 aromatic rings. The summed E-state index contributed by atoms with van der Waals surface area (Å²) in [4.78, 5) is 25.6. The topological polar surface area (TPSA) is 87.7 Å². The molecule has 6 nitrogen and oxygen atoms in total. The van der Waals surface area contributed by atoms with Crippen LogP contribution in [0.2, 0.25) is 10.0 Å². The SMILES string of the molecule is COc1ccc(Br)cc1C(=O)Nc1cc(Cl)c(Cl)cc1NC(=O)c1cc(Br)ccc1O. The summed E-state index contributed by atoms with van der Waals surface area (Å²) in [5.41, 5.74) is 0.710. The van der Waals surface area contributed by atoms with Crippen molar-refractivity contribution in [3.63, 3.8) is 0 Å². The van der Waals surface area contributed by atoms with E-state index in [4.69, 9.17) is 27.9 Å². The Bertz CT molecular complexity index is 1190. The fourth-order valence-corrected chi connectivity index (χ4v) is 3.73. The normalized spacial score (nSPS) is 10.5. The lowest BCUT2D eigenvalue weighted by atomic mass is 10.1. The molecular formula is C21H14Br2Cl2N2O4. The van der Waals surface area contributed by atoms with Crippen molar-refractivity contribution in [2.75, 3.05) is 17.7 Å². The lowest BCUT2D eigenvalue weighted by Gasteiger charge is -2.15. The Hall–Kier alpha value is -2.26. The van der Waals surface area contributed by atoms with E-state index >= 15 is 0 Å². The van der Waals surface area contributed by atoms with Gasteiger partial charge in [0.25, 0.3) is 11.8 Å². The van der Waals surface area contributed by atoms with Crippen LogP contribution in [0.15, 0.2) is 57.5 Å². The highest BCUT2D eigenvalue weighted by Crippen LogP contribution is 2.34. The van der Waals surface area contributed by atoms with E-state index in [9.17, 15) is 14.7 Å². The van der Waals surface area contributed by atoms with E-state index in [0.717, 1.165) is 0 Å². The third-order valence-corrected chi connectivity index (χ3v) is 5.87. The van der Waals surface area contributed by atoms with Crippen LogP contribution < -0.4 is 15.4 Å². The molecular weight excluding hydrogens is 575 g/mol. The Balaban J connectivity index is 1.96. The molecule has 3 aromatic carbocycles. The average Bonchev–Trinajstić information content (AvgIpc) is 2.73. The number of hydrogen-bond donors (Lipinski definition) is 3. The smallest absolute Gasteiger partial charge is 0.259 e. The Morgan fingerprint density at radius 2 is 1.32 bits per heavy atom. The van der Waals surface area contributed by atoms with Gasteiger partial charge in [0.05, 0.1) is 39.7 Å². The highest BCUT2D eigenvalue weighted by atomic mass is 79.9. The molecule has 2 amide bonds. The molecule has 0 bridgehead atoms. The molecule has 0 radical (unpaired) electrons. The van der Waals surface area contributed by atoms with Crippen molar-refractivity contribution in [3.05, 3.63) is 78.6 Å². The molecule has 0 heterocycles. The van der Waals surface area contributed by atoms with E-state index in [0.29, 0.717) is 14.7 Å². The first kappa shape index (κ1) is 23.4. The van der Waals surface area contributed by atoms with Gasteiger partial charge >= 0.3 is 0 Å². The average molecular weight is 589 g/mol. The zero-order valence-corrected chi connectivity index (χ0v) is 20.5. The number of amides is 2. The molecule has 3 N–H and O–H groups in total. The number of halogens is 4. The number of carbonyl (C=O) groups is 2. The first-order valence-electron chi connectivity index (χ1n) is 8.63. The molecule has 0 atom stereocenters. The first-order chi connectivity index (χ1) is 14.7. The lowest BCUT2D eigenvalue weighted by molar-refractivity contribution is 0.101. The van der Waals surface area contributed by atoms with Gasteiger partial charge in [-0.05, 0) is 48.5 Å². The third-order valence-electron chi connectivity index (χ3n) is 4.17. The quantitative estimate of drug-likeness (QED) is 0.308. The van der Waals surface area contributed by atoms with Gasteiger partial charge in [-0.25, -0.2) is 0 Å². The van der Waals surface area contributed by atoms with Crippen LogP contribution in [-0.4, -0.2) is 24.0 Å². The number of methoxy groups -OCH3 is 1. The van der Waals surface area contributed by atoms with Crippen molar-refractivity contribution in [1.29, 1.82) is 0 Å². The van der Waals surface area contributed by atoms with E-state index in [1.54, 1.807) is 24.3 Å². The van der Waals surface area contributed by atoms with E-state index < -0.39 is 11.8 Å². The number of anilines is 2. The zero-order chi connectivity index (χ0) is 22.7. The highest BCUT2D eigenvalue weighted by molar-refractivity contribution is 9.10. The Morgan fingerprint density at radius 1 is 0.839 bits per heavy atom. The van der Waals surface area contributed by atoms with Crippen molar-refractivity contribution in [3.8, 4) is 11.5 Å². The highest BCUT2D eigenvalue weighted by Gasteiger charge is 2.19. The molecule has 160 valence electrons. The molecule has 31 heavy (non-hydrogen) atoms. The summed E-state index contributed by atoms with van der Waals surface area (Å²) >= 11 is 18.8. The number of rotatable bonds is 5. The summed E-state index contributed by atoms with van der Waals surface area (Å²) < 4.78 is 6.55. The van der Waals surface area contributed by atoms with Crippen LogP contribution in [0.4, 0.5) is 11.4 Å². The van der Waals surface area contributed by atoms with Crippen LogP contribution >= 0.6 is 55.1 Å². The van der Waals surface area contributed by atoms with Crippen LogP contribution in [0.25, 0.3) is 0 Å². The molecule has 3 rings (SSSR count). The van der Waals surface area contributed by atoms with Crippen molar-refractivity contribution in [2.45, 2.75) is 0 Å². The summed E-state index contributed by atoms with van der Waals surface area (Å²) in [6, 6.07) is 12.3. The van der Waals surface area contributed by atoms with E-state index in [2.05, 4.69) is 42.5 Å². The van der Waals surface area contributed by atoms with Crippen molar-refractivity contribution >= 4 is 78.3 Å². The fraction of sp³-hybridized carbons (Fsp3) is 0.0476. The minimum atomic E-state index is -0.604. The molecule has 0 saturated heterocycles. The van der Waals surface area contributed by atoms with E-state index in [1.807, 2.05) is 0 Å². The number of aromatic hydroxyl groups is 1. The number of hydrogen-bond acceptors (Lipinski definition) is 4. The van der Waals surface area contributed by atoms with Crippen LogP contribution in [-0.2, 0) is 0 Å². The number of carbonyl (C=O) groups excluding carboxylic acids is 2. The maximum absolute atomic E-state index is 12.9. The van der Waals surface area contributed by atoms with Gasteiger partial charge in [-0.15, -0.1) is 0 Å².